The number of carbonyl (C=O) groups excluding carboxylic acids is 1. The minimum Gasteiger partial charge on any atom is -0.508 e. The highest BCUT2D eigenvalue weighted by Crippen LogP contribution is 2.23. The number of rotatable bonds is 4. The van der Waals surface area contributed by atoms with E-state index in [4.69, 9.17) is 4.74 Å². The number of hydrogen-bond acceptors (Lipinski definition) is 6. The van der Waals surface area contributed by atoms with Gasteiger partial charge < -0.3 is 9.84 Å². The first-order valence-corrected chi connectivity index (χ1v) is 7.59. The summed E-state index contributed by atoms with van der Waals surface area (Å²) in [6.45, 7) is 0.191. The van der Waals surface area contributed by atoms with Gasteiger partial charge in [-0.25, -0.2) is 4.79 Å². The molecule has 3 rings (SSSR count). The summed E-state index contributed by atoms with van der Waals surface area (Å²) in [5.74, 6) is 0.653. The lowest BCUT2D eigenvalue weighted by atomic mass is 10.2. The Balaban J connectivity index is 1.58. The summed E-state index contributed by atoms with van der Waals surface area (Å²) in [5, 5.41) is 12.2. The van der Waals surface area contributed by atoms with E-state index >= 15 is 0 Å². The number of ether oxygens (including phenoxy) is 1. The van der Waals surface area contributed by atoms with Crippen LogP contribution in [0.25, 0.3) is 11.4 Å². The minimum absolute atomic E-state index is 0.173. The Bertz CT molecular complexity index is 788. The molecule has 0 aliphatic rings. The van der Waals surface area contributed by atoms with Crippen LogP contribution >= 0.6 is 11.5 Å². The second-order valence-electron chi connectivity index (χ2n) is 4.66. The fourth-order valence-corrected chi connectivity index (χ4v) is 2.42. The molecule has 1 aromatic heterocycles. The summed E-state index contributed by atoms with van der Waals surface area (Å²) >= 11 is 1.06. The third kappa shape index (κ3) is 4.04. The van der Waals surface area contributed by atoms with E-state index in [1.807, 2.05) is 30.3 Å². The van der Waals surface area contributed by atoms with E-state index in [9.17, 15) is 9.90 Å². The Morgan fingerprint density at radius 3 is 2.61 bits per heavy atom. The van der Waals surface area contributed by atoms with Crippen LogP contribution in [0, 0.1) is 0 Å². The van der Waals surface area contributed by atoms with Crippen molar-refractivity contribution in [1.29, 1.82) is 0 Å². The van der Waals surface area contributed by atoms with E-state index in [0.29, 0.717) is 11.0 Å². The highest BCUT2D eigenvalue weighted by atomic mass is 32.1. The molecule has 0 bridgehead atoms. The molecule has 0 radical (unpaired) electrons. The van der Waals surface area contributed by atoms with E-state index in [0.717, 1.165) is 22.7 Å². The average Bonchev–Trinajstić information content (AvgIpc) is 3.03. The van der Waals surface area contributed by atoms with Gasteiger partial charge in [0.2, 0.25) is 5.13 Å². The molecule has 2 aromatic carbocycles. The molecule has 116 valence electrons. The zero-order valence-corrected chi connectivity index (χ0v) is 12.8. The molecular weight excluding hydrogens is 314 g/mol. The molecule has 0 aliphatic carbocycles. The summed E-state index contributed by atoms with van der Waals surface area (Å²) in [6.07, 6.45) is -0.581. The van der Waals surface area contributed by atoms with Crippen molar-refractivity contribution in [3.8, 4) is 17.1 Å². The lowest BCUT2D eigenvalue weighted by molar-refractivity contribution is 0.155. The largest absolute Gasteiger partial charge is 0.508 e. The second kappa shape index (κ2) is 6.89. The molecule has 23 heavy (non-hydrogen) atoms. The monoisotopic (exact) mass is 327 g/mol. The Morgan fingerprint density at radius 2 is 1.87 bits per heavy atom. The van der Waals surface area contributed by atoms with Crippen molar-refractivity contribution >= 4 is 22.8 Å². The molecule has 3 aromatic rings. The van der Waals surface area contributed by atoms with Gasteiger partial charge in [0.15, 0.2) is 5.82 Å². The number of phenols is 1. The molecule has 0 aliphatic heterocycles. The molecule has 0 unspecified atom stereocenters. The highest BCUT2D eigenvalue weighted by molar-refractivity contribution is 7.10. The first-order valence-electron chi connectivity index (χ1n) is 6.81. The van der Waals surface area contributed by atoms with Crippen LogP contribution in [0.4, 0.5) is 9.93 Å². The molecule has 6 nitrogen and oxygen atoms in total. The lowest BCUT2D eigenvalue weighted by Crippen LogP contribution is -2.13. The minimum atomic E-state index is -0.581. The molecule has 0 spiro atoms. The Kier molecular flexibility index (Phi) is 4.49. The van der Waals surface area contributed by atoms with Crippen LogP contribution in [0.15, 0.2) is 54.6 Å². The Morgan fingerprint density at radius 1 is 1.13 bits per heavy atom. The zero-order chi connectivity index (χ0) is 16.1. The number of aromatic hydroxyl groups is 1. The number of aromatic nitrogens is 2. The standard InChI is InChI=1S/C16H13N3O3S/c20-13-8-6-12(7-9-13)14-17-15(23-19-14)18-16(21)22-10-11-4-2-1-3-5-11/h1-9,20H,10H2,(H,17,18,19,21). The summed E-state index contributed by atoms with van der Waals surface area (Å²) in [4.78, 5) is 16.0. The van der Waals surface area contributed by atoms with Gasteiger partial charge >= 0.3 is 6.09 Å². The van der Waals surface area contributed by atoms with Gasteiger partial charge in [0, 0.05) is 17.1 Å². The molecule has 7 heteroatoms. The van der Waals surface area contributed by atoms with Crippen molar-refractivity contribution in [3.63, 3.8) is 0 Å². The van der Waals surface area contributed by atoms with E-state index in [2.05, 4.69) is 14.7 Å². The van der Waals surface area contributed by atoms with Gasteiger partial charge in [-0.15, -0.1) is 0 Å². The van der Waals surface area contributed by atoms with Crippen molar-refractivity contribution in [2.75, 3.05) is 5.32 Å². The molecular formula is C16H13N3O3S. The third-order valence-corrected chi connectivity index (χ3v) is 3.60. The molecule has 0 saturated carbocycles. The number of phenolic OH excluding ortho intramolecular Hbond substituents is 1. The third-order valence-electron chi connectivity index (χ3n) is 2.97. The van der Waals surface area contributed by atoms with Crippen molar-refractivity contribution in [3.05, 3.63) is 60.2 Å². The molecule has 1 heterocycles. The Hall–Kier alpha value is -2.93. The fraction of sp³-hybridized carbons (Fsp3) is 0.0625. The summed E-state index contributed by atoms with van der Waals surface area (Å²) < 4.78 is 9.28. The molecule has 0 atom stereocenters. The normalized spacial score (nSPS) is 10.3. The first-order chi connectivity index (χ1) is 11.2. The lowest BCUT2D eigenvalue weighted by Gasteiger charge is -2.04. The smallest absolute Gasteiger partial charge is 0.413 e. The SMILES string of the molecule is O=C(Nc1nc(-c2ccc(O)cc2)ns1)OCc1ccccc1. The quantitative estimate of drug-likeness (QED) is 0.764. The van der Waals surface area contributed by atoms with Crippen molar-refractivity contribution < 1.29 is 14.6 Å². The maximum absolute atomic E-state index is 11.7. The van der Waals surface area contributed by atoms with E-state index in [1.54, 1.807) is 24.3 Å². The van der Waals surface area contributed by atoms with Crippen molar-refractivity contribution in [2.24, 2.45) is 0 Å². The molecule has 0 saturated heterocycles. The van der Waals surface area contributed by atoms with E-state index in [-0.39, 0.29) is 12.4 Å². The number of carbonyl (C=O) groups is 1. The predicted octanol–water partition coefficient (Wildman–Crippen LogP) is 3.66. The van der Waals surface area contributed by atoms with Gasteiger partial charge in [-0.1, -0.05) is 30.3 Å². The van der Waals surface area contributed by atoms with Gasteiger partial charge in [0.25, 0.3) is 0 Å². The Labute approximate surface area is 136 Å². The van der Waals surface area contributed by atoms with Crippen LogP contribution in [-0.2, 0) is 11.3 Å². The number of benzene rings is 2. The number of nitrogens with one attached hydrogen (secondary N) is 1. The number of hydrogen-bond donors (Lipinski definition) is 2. The van der Waals surface area contributed by atoms with Gasteiger partial charge in [-0.05, 0) is 29.8 Å². The van der Waals surface area contributed by atoms with Gasteiger partial charge in [-0.3, -0.25) is 5.32 Å². The van der Waals surface area contributed by atoms with Gasteiger partial charge in [0.05, 0.1) is 0 Å². The topological polar surface area (TPSA) is 84.3 Å². The summed E-state index contributed by atoms with van der Waals surface area (Å²) in [7, 11) is 0. The molecule has 2 N–H and O–H groups in total. The maximum Gasteiger partial charge on any atom is 0.413 e. The van der Waals surface area contributed by atoms with Crippen LogP contribution in [0.1, 0.15) is 5.56 Å². The van der Waals surface area contributed by atoms with Crippen molar-refractivity contribution in [1.82, 2.24) is 9.36 Å². The average molecular weight is 327 g/mol. The second-order valence-corrected chi connectivity index (χ2v) is 5.41. The highest BCUT2D eigenvalue weighted by Gasteiger charge is 2.10. The molecule has 0 fully saturated rings. The molecule has 1 amide bonds. The van der Waals surface area contributed by atoms with Crippen LogP contribution in [0.2, 0.25) is 0 Å². The van der Waals surface area contributed by atoms with E-state index < -0.39 is 6.09 Å². The number of nitrogens with zero attached hydrogens (tertiary/aromatic N) is 2. The predicted molar refractivity (Wildman–Crippen MR) is 87.3 cm³/mol. The summed E-state index contributed by atoms with van der Waals surface area (Å²) in [5.41, 5.74) is 1.66. The number of anilines is 1. The zero-order valence-electron chi connectivity index (χ0n) is 12.0. The van der Waals surface area contributed by atoms with Gasteiger partial charge in [0.1, 0.15) is 12.4 Å². The fourth-order valence-electron chi connectivity index (χ4n) is 1.85. The van der Waals surface area contributed by atoms with E-state index in [1.165, 1.54) is 0 Å². The maximum atomic E-state index is 11.7. The number of amides is 1. The van der Waals surface area contributed by atoms with Crippen LogP contribution < -0.4 is 5.32 Å². The van der Waals surface area contributed by atoms with Crippen LogP contribution in [-0.4, -0.2) is 20.6 Å². The van der Waals surface area contributed by atoms with Crippen molar-refractivity contribution in [2.45, 2.75) is 6.61 Å². The van der Waals surface area contributed by atoms with Crippen LogP contribution in [0.5, 0.6) is 5.75 Å². The van der Waals surface area contributed by atoms with Gasteiger partial charge in [-0.2, -0.15) is 9.36 Å². The van der Waals surface area contributed by atoms with Crippen LogP contribution in [0.3, 0.4) is 0 Å². The first kappa shape index (κ1) is 15.0. The summed E-state index contributed by atoms with van der Waals surface area (Å²) in [6, 6.07) is 15.9.